The number of rotatable bonds is 10. The van der Waals surface area contributed by atoms with Gasteiger partial charge in [0.25, 0.3) is 0 Å². The first-order chi connectivity index (χ1) is 17.3. The molecule has 0 nitrogen and oxygen atoms in total. The van der Waals surface area contributed by atoms with Crippen LogP contribution in [0.5, 0.6) is 0 Å². The minimum Gasteiger partial charge on any atom is -1.00 e. The van der Waals surface area contributed by atoms with Gasteiger partial charge in [-0.3, -0.25) is 0 Å². The van der Waals surface area contributed by atoms with E-state index >= 15 is 0 Å². The van der Waals surface area contributed by atoms with E-state index in [1.54, 1.807) is 10.6 Å². The van der Waals surface area contributed by atoms with Crippen LogP contribution in [0.15, 0.2) is 72.8 Å². The summed E-state index contributed by atoms with van der Waals surface area (Å²) in [5, 5.41) is 8.85. The number of halogens is 2. The normalized spacial score (nSPS) is 15.4. The van der Waals surface area contributed by atoms with Crippen LogP contribution in [0, 0.1) is 0 Å². The third-order valence-electron chi connectivity index (χ3n) is 8.06. The zero-order chi connectivity index (χ0) is 26.2. The maximum Gasteiger partial charge on any atom is 4.00 e. The van der Waals surface area contributed by atoms with E-state index in [4.69, 9.17) is 0 Å². The van der Waals surface area contributed by atoms with Gasteiger partial charge in [-0.05, 0) is 48.3 Å². The van der Waals surface area contributed by atoms with Gasteiger partial charge in [0.1, 0.15) is 0 Å². The van der Waals surface area contributed by atoms with Crippen LogP contribution in [-0.4, -0.2) is 22.6 Å². The van der Waals surface area contributed by atoms with Gasteiger partial charge in [0.15, 0.2) is 0 Å². The molecule has 4 aromatic rings. The summed E-state index contributed by atoms with van der Waals surface area (Å²) >= 11 is 0. The second-order valence-corrected chi connectivity index (χ2v) is 16.7. The van der Waals surface area contributed by atoms with Gasteiger partial charge < -0.3 is 24.8 Å². The van der Waals surface area contributed by atoms with Crippen molar-refractivity contribution in [2.45, 2.75) is 104 Å². The van der Waals surface area contributed by atoms with E-state index in [1.165, 1.54) is 47.2 Å². The molecule has 0 N–H and O–H groups in total. The van der Waals surface area contributed by atoms with Crippen LogP contribution in [0.3, 0.4) is 0 Å². The average molecular weight is 768 g/mol. The summed E-state index contributed by atoms with van der Waals surface area (Å²) in [6.07, 6.45) is 5.16. The number of hydrogen-bond donors (Lipinski definition) is 0. The molecule has 0 bridgehead atoms. The summed E-state index contributed by atoms with van der Waals surface area (Å²) in [5.74, 6) is 0. The van der Waals surface area contributed by atoms with E-state index in [0.717, 1.165) is 22.6 Å². The number of hydrogen-bond acceptors (Lipinski definition) is 0. The van der Waals surface area contributed by atoms with Crippen molar-refractivity contribution >= 4 is 48.0 Å². The molecule has 5 heteroatoms. The Bertz CT molecular complexity index is 1020. The standard InChI is InChI=1S/2C17H24P.2ClH.Hf/c2*1-5-13(3)18(14(4)6-2)17-11-15-9-7-8-10-16(15)12-17;;;/h2*7-14H,5-6H2,1-4H3;2*1H;/q2*-1;;;+4/p-2. The van der Waals surface area contributed by atoms with Crippen LogP contribution in [0.1, 0.15) is 81.1 Å². The Kier molecular flexibility index (Phi) is 19.2. The molecule has 0 aromatic heterocycles. The van der Waals surface area contributed by atoms with Crippen molar-refractivity contribution in [1.29, 1.82) is 0 Å². The maximum atomic E-state index is 2.43. The van der Waals surface area contributed by atoms with E-state index in [9.17, 15) is 0 Å². The van der Waals surface area contributed by atoms with Crippen molar-refractivity contribution in [2.24, 2.45) is 0 Å². The quantitative estimate of drug-likeness (QED) is 0.127. The summed E-state index contributed by atoms with van der Waals surface area (Å²) in [4.78, 5) is 0. The minimum atomic E-state index is -0.0252. The van der Waals surface area contributed by atoms with Gasteiger partial charge in [-0.1, -0.05) is 83.4 Å². The molecule has 0 aliphatic rings. The zero-order valence-electron chi connectivity index (χ0n) is 25.2. The van der Waals surface area contributed by atoms with Gasteiger partial charge in [0, 0.05) is 0 Å². The van der Waals surface area contributed by atoms with Crippen LogP contribution in [0.2, 0.25) is 0 Å². The molecule has 0 aliphatic carbocycles. The molecule has 4 atom stereocenters. The van der Waals surface area contributed by atoms with Crippen molar-refractivity contribution in [3.63, 3.8) is 0 Å². The van der Waals surface area contributed by atoms with Crippen molar-refractivity contribution < 1.29 is 50.7 Å². The van der Waals surface area contributed by atoms with E-state index in [-0.39, 0.29) is 66.5 Å². The predicted molar refractivity (Wildman–Crippen MR) is 171 cm³/mol. The van der Waals surface area contributed by atoms with Crippen molar-refractivity contribution in [1.82, 2.24) is 0 Å². The van der Waals surface area contributed by atoms with Crippen molar-refractivity contribution in [3.8, 4) is 0 Å². The van der Waals surface area contributed by atoms with E-state index in [2.05, 4.69) is 128 Å². The maximum absolute atomic E-state index is 2.43. The number of benzene rings is 2. The Morgan fingerprint density at radius 2 is 0.821 bits per heavy atom. The zero-order valence-corrected chi connectivity index (χ0v) is 32.1. The summed E-state index contributed by atoms with van der Waals surface area (Å²) < 4.78 is 0. The monoisotopic (exact) mass is 768 g/mol. The van der Waals surface area contributed by atoms with Gasteiger partial charge in [-0.2, -0.15) is 12.1 Å². The molecule has 4 unspecified atom stereocenters. The Labute approximate surface area is 273 Å². The fraction of sp³-hybridized carbons (Fsp3) is 0.471. The van der Waals surface area contributed by atoms with Gasteiger partial charge in [-0.25, -0.2) is 0 Å². The molecule has 212 valence electrons. The van der Waals surface area contributed by atoms with Crippen LogP contribution in [-0.2, 0) is 25.8 Å². The van der Waals surface area contributed by atoms with E-state index < -0.39 is 0 Å². The second kappa shape index (κ2) is 19.2. The average Bonchev–Trinajstić information content (AvgIpc) is 3.52. The molecular weight excluding hydrogens is 720 g/mol. The van der Waals surface area contributed by atoms with Crippen LogP contribution >= 0.6 is 15.8 Å². The summed E-state index contributed by atoms with van der Waals surface area (Å²) in [6, 6.07) is 27.2. The molecule has 0 saturated heterocycles. The molecule has 39 heavy (non-hydrogen) atoms. The summed E-state index contributed by atoms with van der Waals surface area (Å²) in [6.45, 7) is 19.0. The topological polar surface area (TPSA) is 0 Å². The first-order valence-corrected chi connectivity index (χ1v) is 17.2. The molecule has 0 radical (unpaired) electrons. The molecular formula is C34H48Cl2HfP2. The molecule has 0 heterocycles. The van der Waals surface area contributed by atoms with Gasteiger partial charge in [0.2, 0.25) is 0 Å². The first-order valence-electron chi connectivity index (χ1n) is 14.2. The predicted octanol–water partition coefficient (Wildman–Crippen LogP) is 4.53. The Balaban J connectivity index is 0.000000688. The Hall–Kier alpha value is -0.0299. The van der Waals surface area contributed by atoms with Crippen molar-refractivity contribution in [3.05, 3.63) is 72.8 Å². The Morgan fingerprint density at radius 3 is 1.08 bits per heavy atom. The molecule has 0 aliphatic heterocycles. The fourth-order valence-electron chi connectivity index (χ4n) is 5.24. The van der Waals surface area contributed by atoms with Crippen molar-refractivity contribution in [2.75, 3.05) is 0 Å². The molecule has 4 rings (SSSR count). The second-order valence-electron chi connectivity index (χ2n) is 10.5. The third kappa shape index (κ3) is 10.0. The molecule has 0 spiro atoms. The minimum absolute atomic E-state index is 0. The third-order valence-corrected chi connectivity index (χ3v) is 15.0. The Morgan fingerprint density at radius 1 is 0.538 bits per heavy atom. The smallest absolute Gasteiger partial charge is 1.00 e. The van der Waals surface area contributed by atoms with Gasteiger partial charge in [0.05, 0.1) is 0 Å². The summed E-state index contributed by atoms with van der Waals surface area (Å²) in [7, 11) is -0.0504. The van der Waals surface area contributed by atoms with Crippen LogP contribution in [0.25, 0.3) is 21.5 Å². The first kappa shape index (κ1) is 39.0. The molecule has 0 fully saturated rings. The summed E-state index contributed by atoms with van der Waals surface area (Å²) in [5.41, 5.74) is 3.30. The fourth-order valence-corrected chi connectivity index (χ4v) is 11.7. The molecule has 4 aromatic carbocycles. The number of fused-ring (bicyclic) bond motifs is 2. The largest absolute Gasteiger partial charge is 4.00 e. The van der Waals surface area contributed by atoms with Crippen LogP contribution < -0.4 is 35.4 Å². The van der Waals surface area contributed by atoms with E-state index in [0.29, 0.717) is 0 Å². The molecule has 0 amide bonds. The van der Waals surface area contributed by atoms with Crippen LogP contribution in [0.4, 0.5) is 0 Å². The van der Waals surface area contributed by atoms with Gasteiger partial charge in [-0.15, -0.1) is 80.7 Å². The van der Waals surface area contributed by atoms with E-state index in [1.807, 2.05) is 0 Å². The molecule has 0 saturated carbocycles. The SMILES string of the molecule is CCC(C)P(c1cc2ccccc2[cH-]1)C(C)CC.CCC(C)P(c1cc2ccccc2[cH-]1)C(C)CC.[Cl-].[Cl-].[Hf+4]. The van der Waals surface area contributed by atoms with Gasteiger partial charge >= 0.3 is 25.8 Å².